The van der Waals surface area contributed by atoms with Gasteiger partial charge >= 0.3 is 6.03 Å². The van der Waals surface area contributed by atoms with Crippen LogP contribution in [-0.4, -0.2) is 39.6 Å². The van der Waals surface area contributed by atoms with E-state index in [1.807, 2.05) is 18.3 Å². The van der Waals surface area contributed by atoms with Crippen LogP contribution in [0.1, 0.15) is 44.1 Å². The number of carbonyl (C=O) groups excluding carboxylic acids is 1. The lowest BCUT2D eigenvalue weighted by molar-refractivity contribution is 0.0940. The molecule has 0 spiro atoms. The van der Waals surface area contributed by atoms with E-state index in [4.69, 9.17) is 9.47 Å². The second-order valence-corrected chi connectivity index (χ2v) is 7.42. The zero-order valence-electron chi connectivity index (χ0n) is 16.0. The Labute approximate surface area is 164 Å². The number of nitrogens with zero attached hydrogens (tertiary/aromatic N) is 3. The van der Waals surface area contributed by atoms with E-state index in [1.54, 1.807) is 17.1 Å². The van der Waals surface area contributed by atoms with Gasteiger partial charge in [0.2, 0.25) is 5.88 Å². The molecule has 1 unspecified atom stereocenters. The second-order valence-electron chi connectivity index (χ2n) is 7.42. The summed E-state index contributed by atoms with van der Waals surface area (Å²) in [4.78, 5) is 16.4. The summed E-state index contributed by atoms with van der Waals surface area (Å²) in [7, 11) is 0. The number of rotatable bonds is 7. The average Bonchev–Trinajstić information content (AvgIpc) is 3.45. The van der Waals surface area contributed by atoms with Crippen LogP contribution >= 0.6 is 0 Å². The molecular weight excluding hydrogens is 358 g/mol. The lowest BCUT2D eigenvalue weighted by Gasteiger charge is -2.13. The number of aromatic nitrogens is 3. The molecule has 8 heteroatoms. The Hall–Kier alpha value is -2.61. The number of anilines is 1. The summed E-state index contributed by atoms with van der Waals surface area (Å²) in [6.45, 7) is 1.94. The number of pyridine rings is 1. The van der Waals surface area contributed by atoms with E-state index in [2.05, 4.69) is 20.7 Å². The van der Waals surface area contributed by atoms with Crippen molar-refractivity contribution in [3.63, 3.8) is 0 Å². The molecule has 3 heterocycles. The first-order valence-electron chi connectivity index (χ1n) is 10.0. The molecule has 28 heavy (non-hydrogen) atoms. The van der Waals surface area contributed by atoms with Gasteiger partial charge in [-0.3, -0.25) is 4.68 Å². The molecule has 1 saturated carbocycles. The maximum absolute atomic E-state index is 12.2. The van der Waals surface area contributed by atoms with E-state index >= 15 is 0 Å². The monoisotopic (exact) mass is 385 g/mol. The van der Waals surface area contributed by atoms with Crippen molar-refractivity contribution in [2.75, 3.05) is 11.9 Å². The second kappa shape index (κ2) is 9.05. The molecule has 2 fully saturated rings. The van der Waals surface area contributed by atoms with E-state index in [-0.39, 0.29) is 18.2 Å². The van der Waals surface area contributed by atoms with E-state index in [1.165, 1.54) is 12.8 Å². The summed E-state index contributed by atoms with van der Waals surface area (Å²) in [5, 5.41) is 9.95. The van der Waals surface area contributed by atoms with Crippen LogP contribution in [0.25, 0.3) is 0 Å². The molecule has 1 saturated heterocycles. The van der Waals surface area contributed by atoms with Crippen molar-refractivity contribution in [3.8, 4) is 5.88 Å². The summed E-state index contributed by atoms with van der Waals surface area (Å²) in [6, 6.07) is 3.49. The highest BCUT2D eigenvalue weighted by Gasteiger charge is 2.18. The molecule has 2 N–H and O–H groups in total. The van der Waals surface area contributed by atoms with Gasteiger partial charge in [0.05, 0.1) is 24.5 Å². The molecule has 2 aromatic heterocycles. The van der Waals surface area contributed by atoms with Gasteiger partial charge in [0, 0.05) is 31.6 Å². The third-order valence-corrected chi connectivity index (χ3v) is 5.15. The quantitative estimate of drug-likeness (QED) is 0.764. The van der Waals surface area contributed by atoms with Gasteiger partial charge in [-0.25, -0.2) is 9.78 Å². The number of nitrogens with one attached hydrogen (secondary N) is 2. The fourth-order valence-electron chi connectivity index (χ4n) is 3.68. The SMILES string of the molecule is O=C(NCc1ccnc(OC2CCCC2)c1)Nc1cnn(CC2CCCO2)c1. The molecule has 1 atom stereocenters. The van der Waals surface area contributed by atoms with Gasteiger partial charge in [0.1, 0.15) is 6.10 Å². The Morgan fingerprint density at radius 2 is 2.18 bits per heavy atom. The van der Waals surface area contributed by atoms with Crippen LogP contribution in [0.3, 0.4) is 0 Å². The van der Waals surface area contributed by atoms with Gasteiger partial charge in [-0.1, -0.05) is 0 Å². The third kappa shape index (κ3) is 5.22. The van der Waals surface area contributed by atoms with Crippen molar-refractivity contribution in [3.05, 3.63) is 36.3 Å². The maximum Gasteiger partial charge on any atom is 0.319 e. The number of carbonyl (C=O) groups is 1. The van der Waals surface area contributed by atoms with Gasteiger partial charge in [-0.05, 0) is 50.2 Å². The fourth-order valence-corrected chi connectivity index (χ4v) is 3.68. The molecule has 1 aliphatic carbocycles. The van der Waals surface area contributed by atoms with Crippen molar-refractivity contribution >= 4 is 11.7 Å². The van der Waals surface area contributed by atoms with Crippen molar-refractivity contribution in [2.24, 2.45) is 0 Å². The molecule has 4 rings (SSSR count). The summed E-state index contributed by atoms with van der Waals surface area (Å²) < 4.78 is 13.3. The Morgan fingerprint density at radius 3 is 3.00 bits per heavy atom. The smallest absolute Gasteiger partial charge is 0.319 e. The van der Waals surface area contributed by atoms with E-state index in [9.17, 15) is 4.79 Å². The Morgan fingerprint density at radius 1 is 1.29 bits per heavy atom. The standard InChI is InChI=1S/C20H27N5O3/c26-20(24-16-12-23-25(13-16)14-18-6-3-9-27-18)22-11-15-7-8-21-19(10-15)28-17-4-1-2-5-17/h7-8,10,12-13,17-18H,1-6,9,11,14H2,(H2,22,24,26). The molecule has 2 aromatic rings. The highest BCUT2D eigenvalue weighted by Crippen LogP contribution is 2.23. The minimum absolute atomic E-state index is 0.217. The lowest BCUT2D eigenvalue weighted by atomic mass is 10.2. The summed E-state index contributed by atoms with van der Waals surface area (Å²) in [5.41, 5.74) is 1.61. The average molecular weight is 385 g/mol. The van der Waals surface area contributed by atoms with Crippen LogP contribution in [0.15, 0.2) is 30.7 Å². The molecule has 150 valence electrons. The fraction of sp³-hybridized carbons (Fsp3) is 0.550. The zero-order valence-corrected chi connectivity index (χ0v) is 16.0. The van der Waals surface area contributed by atoms with Gasteiger partial charge < -0.3 is 20.1 Å². The van der Waals surface area contributed by atoms with Crippen molar-refractivity contribution in [1.29, 1.82) is 0 Å². The first kappa shape index (κ1) is 18.7. The summed E-state index contributed by atoms with van der Waals surface area (Å²) in [6.07, 6.45) is 12.4. The minimum atomic E-state index is -0.272. The van der Waals surface area contributed by atoms with Gasteiger partial charge in [0.15, 0.2) is 0 Å². The van der Waals surface area contributed by atoms with Crippen molar-refractivity contribution < 1.29 is 14.3 Å². The summed E-state index contributed by atoms with van der Waals surface area (Å²) >= 11 is 0. The van der Waals surface area contributed by atoms with Gasteiger partial charge in [0.25, 0.3) is 0 Å². The maximum atomic E-state index is 12.2. The number of amides is 2. The van der Waals surface area contributed by atoms with Crippen LogP contribution in [-0.2, 0) is 17.8 Å². The minimum Gasteiger partial charge on any atom is -0.474 e. The third-order valence-electron chi connectivity index (χ3n) is 5.15. The molecule has 1 aliphatic heterocycles. The Kier molecular flexibility index (Phi) is 6.06. The van der Waals surface area contributed by atoms with Crippen molar-refractivity contribution in [1.82, 2.24) is 20.1 Å². The topological polar surface area (TPSA) is 90.3 Å². The van der Waals surface area contributed by atoms with E-state index in [0.717, 1.165) is 37.9 Å². The van der Waals surface area contributed by atoms with Crippen molar-refractivity contribution in [2.45, 2.75) is 63.8 Å². The van der Waals surface area contributed by atoms with Crippen LogP contribution < -0.4 is 15.4 Å². The highest BCUT2D eigenvalue weighted by molar-refractivity contribution is 5.88. The van der Waals surface area contributed by atoms with Crippen LogP contribution in [0, 0.1) is 0 Å². The number of hydrogen-bond donors (Lipinski definition) is 2. The Bertz CT molecular complexity index is 782. The first-order chi connectivity index (χ1) is 13.7. The normalized spacial score (nSPS) is 19.6. The van der Waals surface area contributed by atoms with E-state index in [0.29, 0.717) is 24.7 Å². The van der Waals surface area contributed by atoms with Crippen LogP contribution in [0.2, 0.25) is 0 Å². The summed E-state index contributed by atoms with van der Waals surface area (Å²) in [5.74, 6) is 0.627. The first-order valence-corrected chi connectivity index (χ1v) is 10.0. The highest BCUT2D eigenvalue weighted by atomic mass is 16.5. The molecule has 0 bridgehead atoms. The number of hydrogen-bond acceptors (Lipinski definition) is 5. The molecule has 8 nitrogen and oxygen atoms in total. The predicted octanol–water partition coefficient (Wildman–Crippen LogP) is 3.10. The number of ether oxygens (including phenoxy) is 2. The van der Waals surface area contributed by atoms with E-state index < -0.39 is 0 Å². The zero-order chi connectivity index (χ0) is 19.2. The Balaban J connectivity index is 1.23. The lowest BCUT2D eigenvalue weighted by Crippen LogP contribution is -2.28. The largest absolute Gasteiger partial charge is 0.474 e. The van der Waals surface area contributed by atoms with Crippen LogP contribution in [0.4, 0.5) is 10.5 Å². The van der Waals surface area contributed by atoms with Crippen LogP contribution in [0.5, 0.6) is 5.88 Å². The molecule has 0 aromatic carbocycles. The molecule has 0 radical (unpaired) electrons. The van der Waals surface area contributed by atoms with Gasteiger partial charge in [-0.2, -0.15) is 5.10 Å². The molecule has 2 aliphatic rings. The predicted molar refractivity (Wildman–Crippen MR) is 104 cm³/mol. The van der Waals surface area contributed by atoms with Gasteiger partial charge in [-0.15, -0.1) is 0 Å². The molecular formula is C20H27N5O3. The number of urea groups is 1. The molecule has 2 amide bonds.